The molecule has 0 aliphatic carbocycles. The Hall–Kier alpha value is -1.10. The Balaban J connectivity index is 2.13. The molecule has 4 nitrogen and oxygen atoms in total. The van der Waals surface area contributed by atoms with Crippen molar-refractivity contribution in [3.8, 4) is 0 Å². The zero-order valence-electron chi connectivity index (χ0n) is 10.2. The van der Waals surface area contributed by atoms with E-state index >= 15 is 0 Å². The SMILES string of the molecule is Cc1ncc2nc(C)n(C3CCSCC3)c2n1. The second kappa shape index (κ2) is 4.29. The summed E-state index contributed by atoms with van der Waals surface area (Å²) >= 11 is 2.04. The highest BCUT2D eigenvalue weighted by Gasteiger charge is 2.20. The van der Waals surface area contributed by atoms with E-state index in [2.05, 4.69) is 26.4 Å². The summed E-state index contributed by atoms with van der Waals surface area (Å²) in [5.41, 5.74) is 1.93. The molecule has 0 unspecified atom stereocenters. The first-order chi connectivity index (χ1) is 8.25. The van der Waals surface area contributed by atoms with Crippen LogP contribution in [-0.2, 0) is 0 Å². The van der Waals surface area contributed by atoms with E-state index in [-0.39, 0.29) is 0 Å². The summed E-state index contributed by atoms with van der Waals surface area (Å²) in [6, 6.07) is 0.565. The van der Waals surface area contributed by atoms with Gasteiger partial charge in [-0.15, -0.1) is 0 Å². The fourth-order valence-electron chi connectivity index (χ4n) is 2.47. The Morgan fingerprint density at radius 3 is 2.76 bits per heavy atom. The van der Waals surface area contributed by atoms with Crippen LogP contribution in [0.1, 0.15) is 30.5 Å². The predicted octanol–water partition coefficient (Wildman–Crippen LogP) is 2.51. The summed E-state index contributed by atoms with van der Waals surface area (Å²) in [7, 11) is 0. The van der Waals surface area contributed by atoms with Crippen LogP contribution in [0.25, 0.3) is 11.2 Å². The minimum Gasteiger partial charge on any atom is -0.310 e. The molecule has 1 fully saturated rings. The van der Waals surface area contributed by atoms with E-state index < -0.39 is 0 Å². The molecule has 2 aromatic rings. The summed E-state index contributed by atoms with van der Waals surface area (Å²) in [5.74, 6) is 4.38. The van der Waals surface area contributed by atoms with Gasteiger partial charge in [0.05, 0.1) is 6.20 Å². The minimum atomic E-state index is 0.565. The van der Waals surface area contributed by atoms with E-state index in [9.17, 15) is 0 Å². The average molecular weight is 248 g/mol. The van der Waals surface area contributed by atoms with Crippen molar-refractivity contribution in [2.24, 2.45) is 0 Å². The number of fused-ring (bicyclic) bond motifs is 1. The lowest BCUT2D eigenvalue weighted by Crippen LogP contribution is -2.16. The molecule has 3 rings (SSSR count). The molecule has 0 aromatic carbocycles. The summed E-state index contributed by atoms with van der Waals surface area (Å²) in [6.07, 6.45) is 4.28. The largest absolute Gasteiger partial charge is 0.310 e. The van der Waals surface area contributed by atoms with Crippen LogP contribution in [0.5, 0.6) is 0 Å². The fraction of sp³-hybridized carbons (Fsp3) is 0.583. The van der Waals surface area contributed by atoms with Gasteiger partial charge in [0, 0.05) is 6.04 Å². The number of rotatable bonds is 1. The molecule has 1 aliphatic rings. The van der Waals surface area contributed by atoms with E-state index in [0.717, 1.165) is 22.8 Å². The lowest BCUT2D eigenvalue weighted by Gasteiger charge is -2.24. The first kappa shape index (κ1) is 11.0. The highest BCUT2D eigenvalue weighted by molar-refractivity contribution is 7.99. The van der Waals surface area contributed by atoms with Crippen molar-refractivity contribution in [3.63, 3.8) is 0 Å². The molecule has 0 atom stereocenters. The van der Waals surface area contributed by atoms with Crippen LogP contribution in [0.4, 0.5) is 0 Å². The molecular formula is C12H16N4S. The van der Waals surface area contributed by atoms with Gasteiger partial charge in [0.15, 0.2) is 5.65 Å². The fourth-order valence-corrected chi connectivity index (χ4v) is 3.55. The molecule has 3 heterocycles. The second-order valence-corrected chi connectivity index (χ2v) is 5.72. The van der Waals surface area contributed by atoms with Gasteiger partial charge in [0.1, 0.15) is 17.2 Å². The van der Waals surface area contributed by atoms with Gasteiger partial charge in [-0.05, 0) is 38.2 Å². The van der Waals surface area contributed by atoms with E-state index in [1.807, 2.05) is 24.9 Å². The molecule has 0 radical (unpaired) electrons. The molecular weight excluding hydrogens is 232 g/mol. The Kier molecular flexibility index (Phi) is 2.78. The maximum Gasteiger partial charge on any atom is 0.163 e. The number of aromatic nitrogens is 4. The number of aryl methyl sites for hydroxylation is 2. The highest BCUT2D eigenvalue weighted by Crippen LogP contribution is 2.30. The van der Waals surface area contributed by atoms with Gasteiger partial charge in [0.2, 0.25) is 0 Å². The average Bonchev–Trinajstić information content (AvgIpc) is 2.65. The minimum absolute atomic E-state index is 0.565. The zero-order valence-corrected chi connectivity index (χ0v) is 11.0. The normalized spacial score (nSPS) is 17.8. The van der Waals surface area contributed by atoms with Crippen LogP contribution in [0, 0.1) is 13.8 Å². The van der Waals surface area contributed by atoms with Crippen LogP contribution >= 0.6 is 11.8 Å². The van der Waals surface area contributed by atoms with Gasteiger partial charge in [-0.3, -0.25) is 0 Å². The van der Waals surface area contributed by atoms with Crippen molar-refractivity contribution in [1.29, 1.82) is 0 Å². The Bertz CT molecular complexity index is 543. The molecule has 17 heavy (non-hydrogen) atoms. The number of hydrogen-bond donors (Lipinski definition) is 0. The molecule has 0 bridgehead atoms. The van der Waals surface area contributed by atoms with Gasteiger partial charge in [-0.25, -0.2) is 15.0 Å². The van der Waals surface area contributed by atoms with E-state index in [4.69, 9.17) is 0 Å². The number of imidazole rings is 1. The van der Waals surface area contributed by atoms with Crippen molar-refractivity contribution >= 4 is 22.9 Å². The topological polar surface area (TPSA) is 43.6 Å². The summed E-state index contributed by atoms with van der Waals surface area (Å²) < 4.78 is 2.31. The van der Waals surface area contributed by atoms with Crippen LogP contribution in [-0.4, -0.2) is 31.0 Å². The maximum atomic E-state index is 4.56. The molecule has 1 aliphatic heterocycles. The molecule has 90 valence electrons. The third-order valence-corrected chi connectivity index (χ3v) is 4.33. The molecule has 1 saturated heterocycles. The molecule has 2 aromatic heterocycles. The van der Waals surface area contributed by atoms with Gasteiger partial charge < -0.3 is 4.57 Å². The lowest BCUT2D eigenvalue weighted by atomic mass is 10.1. The molecule has 5 heteroatoms. The Labute approximate surface area is 105 Å². The van der Waals surface area contributed by atoms with Crippen molar-refractivity contribution < 1.29 is 0 Å². The van der Waals surface area contributed by atoms with Crippen LogP contribution in [0.2, 0.25) is 0 Å². The second-order valence-electron chi connectivity index (χ2n) is 4.50. The number of nitrogens with zero attached hydrogens (tertiary/aromatic N) is 4. The predicted molar refractivity (Wildman–Crippen MR) is 70.4 cm³/mol. The van der Waals surface area contributed by atoms with Crippen LogP contribution in [0.15, 0.2) is 6.20 Å². The van der Waals surface area contributed by atoms with Crippen molar-refractivity contribution in [2.45, 2.75) is 32.7 Å². The van der Waals surface area contributed by atoms with Gasteiger partial charge in [0.25, 0.3) is 0 Å². The van der Waals surface area contributed by atoms with Crippen LogP contribution in [0.3, 0.4) is 0 Å². The van der Waals surface area contributed by atoms with E-state index in [1.54, 1.807) is 0 Å². The van der Waals surface area contributed by atoms with E-state index in [0.29, 0.717) is 6.04 Å². The maximum absolute atomic E-state index is 4.56. The van der Waals surface area contributed by atoms with Gasteiger partial charge in [-0.2, -0.15) is 11.8 Å². The molecule has 0 saturated carbocycles. The highest BCUT2D eigenvalue weighted by atomic mass is 32.2. The number of hydrogen-bond acceptors (Lipinski definition) is 4. The Morgan fingerprint density at radius 1 is 1.24 bits per heavy atom. The van der Waals surface area contributed by atoms with Crippen LogP contribution < -0.4 is 0 Å². The Morgan fingerprint density at radius 2 is 2.00 bits per heavy atom. The van der Waals surface area contributed by atoms with Crippen molar-refractivity contribution in [2.75, 3.05) is 11.5 Å². The smallest absolute Gasteiger partial charge is 0.163 e. The lowest BCUT2D eigenvalue weighted by molar-refractivity contribution is 0.468. The van der Waals surface area contributed by atoms with E-state index in [1.165, 1.54) is 24.3 Å². The summed E-state index contributed by atoms with van der Waals surface area (Å²) in [5, 5.41) is 0. The zero-order chi connectivity index (χ0) is 11.8. The first-order valence-electron chi connectivity index (χ1n) is 6.01. The molecule has 0 N–H and O–H groups in total. The van der Waals surface area contributed by atoms with Crippen molar-refractivity contribution in [3.05, 3.63) is 17.8 Å². The van der Waals surface area contributed by atoms with Crippen molar-refractivity contribution in [1.82, 2.24) is 19.5 Å². The monoisotopic (exact) mass is 248 g/mol. The van der Waals surface area contributed by atoms with Gasteiger partial charge >= 0.3 is 0 Å². The third kappa shape index (κ3) is 1.92. The van der Waals surface area contributed by atoms with Gasteiger partial charge in [-0.1, -0.05) is 0 Å². The quantitative estimate of drug-likeness (QED) is 0.778. The first-order valence-corrected chi connectivity index (χ1v) is 7.17. The summed E-state index contributed by atoms with van der Waals surface area (Å²) in [6.45, 7) is 4.00. The third-order valence-electron chi connectivity index (χ3n) is 3.29. The molecule has 0 amide bonds. The summed E-state index contributed by atoms with van der Waals surface area (Å²) in [4.78, 5) is 13.3. The number of thioether (sulfide) groups is 1. The molecule has 0 spiro atoms. The standard InChI is InChI=1S/C12H16N4S/c1-8-13-7-11-12(14-8)16(9(2)15-11)10-3-5-17-6-4-10/h7,10H,3-6H2,1-2H3.